The first-order valence-corrected chi connectivity index (χ1v) is 6.48. The quantitative estimate of drug-likeness (QED) is 0.540. The van der Waals surface area contributed by atoms with Gasteiger partial charge in [0.25, 0.3) is 0 Å². The van der Waals surface area contributed by atoms with Gasteiger partial charge in [-0.2, -0.15) is 0 Å². The van der Waals surface area contributed by atoms with Gasteiger partial charge in [0.1, 0.15) is 7.05 Å². The van der Waals surface area contributed by atoms with E-state index in [4.69, 9.17) is 0 Å². The number of benzene rings is 1. The van der Waals surface area contributed by atoms with Gasteiger partial charge < -0.3 is 28.9 Å². The van der Waals surface area contributed by atoms with Crippen LogP contribution >= 0.6 is 0 Å². The monoisotopic (exact) mass is 380 g/mol. The Kier molecular flexibility index (Phi) is 6.20. The Labute approximate surface area is 138 Å². The van der Waals surface area contributed by atoms with Crippen LogP contribution in [0.5, 0.6) is 0 Å². The van der Waals surface area contributed by atoms with Crippen LogP contribution in [0, 0.1) is 6.92 Å². The van der Waals surface area contributed by atoms with E-state index < -0.39 is 0 Å². The number of anilines is 1. The van der Waals surface area contributed by atoms with Crippen molar-refractivity contribution < 1.29 is 28.5 Å². The zero-order chi connectivity index (χ0) is 13.8. The Morgan fingerprint density at radius 2 is 1.60 bits per heavy atom. The first kappa shape index (κ1) is 16.7. The second-order valence-electron chi connectivity index (χ2n) is 5.06. The summed E-state index contributed by atoms with van der Waals surface area (Å²) in [6, 6.07) is 12.8. The minimum Gasteiger partial charge on any atom is -1.00 e. The van der Waals surface area contributed by atoms with Crippen molar-refractivity contribution in [1.82, 2.24) is 0 Å². The second kappa shape index (κ2) is 7.43. The average Bonchev–Trinajstić information content (AvgIpc) is 2.38. The summed E-state index contributed by atoms with van der Waals surface area (Å²) in [5.41, 5.74) is 4.90. The molecule has 0 amide bonds. The van der Waals surface area contributed by atoms with Crippen molar-refractivity contribution in [3.05, 3.63) is 59.4 Å². The van der Waals surface area contributed by atoms with Gasteiger partial charge in [0.2, 0.25) is 5.69 Å². The molecule has 0 spiro atoms. The largest absolute Gasteiger partial charge is 1.00 e. The first-order valence-electron chi connectivity index (χ1n) is 6.48. The maximum atomic E-state index is 2.14. The molecule has 0 N–H and O–H groups in total. The van der Waals surface area contributed by atoms with E-state index in [0.717, 1.165) is 0 Å². The molecule has 0 aliphatic rings. The van der Waals surface area contributed by atoms with Crippen LogP contribution in [0.4, 0.5) is 5.69 Å². The number of aryl methyl sites for hydroxylation is 2. The summed E-state index contributed by atoms with van der Waals surface area (Å²) < 4.78 is 2.14. The van der Waals surface area contributed by atoms with Crippen LogP contribution < -0.4 is 33.4 Å². The number of halogens is 1. The third kappa shape index (κ3) is 4.34. The highest BCUT2D eigenvalue weighted by Gasteiger charge is 2.01. The van der Waals surface area contributed by atoms with Gasteiger partial charge in [-0.15, -0.1) is 0 Å². The molecule has 0 saturated heterocycles. The Bertz CT molecular complexity index is 586. The molecular weight excluding hydrogens is 359 g/mol. The maximum absolute atomic E-state index is 2.14. The minimum absolute atomic E-state index is 0. The van der Waals surface area contributed by atoms with E-state index in [1.165, 1.54) is 22.5 Å². The number of aromatic nitrogens is 1. The van der Waals surface area contributed by atoms with Crippen LogP contribution in [0.1, 0.15) is 16.8 Å². The lowest BCUT2D eigenvalue weighted by Crippen LogP contribution is -3.00. The third-order valence-electron chi connectivity index (χ3n) is 3.18. The number of hydrogen-bond donors (Lipinski definition) is 0. The SMILES string of the molecule is Cc1ccc(C=Cc2ccc(N(C)C)cc2)[n+](C)c1.[I-]. The highest BCUT2D eigenvalue weighted by atomic mass is 127. The van der Waals surface area contributed by atoms with Crippen LogP contribution in [-0.4, -0.2) is 14.1 Å². The van der Waals surface area contributed by atoms with Crippen molar-refractivity contribution in [2.75, 3.05) is 19.0 Å². The molecule has 0 radical (unpaired) electrons. The number of nitrogens with zero attached hydrogens (tertiary/aromatic N) is 2. The second-order valence-corrected chi connectivity index (χ2v) is 5.06. The van der Waals surface area contributed by atoms with Gasteiger partial charge in [-0.1, -0.05) is 12.1 Å². The number of hydrogen-bond acceptors (Lipinski definition) is 1. The topological polar surface area (TPSA) is 7.12 Å². The Balaban J connectivity index is 0.00000200. The molecule has 2 aromatic rings. The van der Waals surface area contributed by atoms with Crippen molar-refractivity contribution in [3.63, 3.8) is 0 Å². The summed E-state index contributed by atoms with van der Waals surface area (Å²) >= 11 is 0. The van der Waals surface area contributed by atoms with Crippen LogP contribution in [-0.2, 0) is 7.05 Å². The molecular formula is C17H21IN2. The van der Waals surface area contributed by atoms with Crippen LogP contribution in [0.15, 0.2) is 42.6 Å². The molecule has 1 aromatic carbocycles. The van der Waals surface area contributed by atoms with Crippen molar-refractivity contribution in [2.45, 2.75) is 6.92 Å². The molecule has 0 saturated carbocycles. The standard InChI is InChI=1S/C17H21N2.HI/c1-14-5-9-17(19(4)13-14)12-8-15-6-10-16(11-7-15)18(2)3;/h5-13H,1-4H3;1H/q+1;/p-1. The molecule has 2 rings (SSSR count). The summed E-state index contributed by atoms with van der Waals surface area (Å²) in [5.74, 6) is 0. The average molecular weight is 380 g/mol. The summed E-state index contributed by atoms with van der Waals surface area (Å²) in [6.07, 6.45) is 6.42. The molecule has 0 atom stereocenters. The lowest BCUT2D eigenvalue weighted by Gasteiger charge is -2.11. The molecule has 20 heavy (non-hydrogen) atoms. The van der Waals surface area contributed by atoms with E-state index in [-0.39, 0.29) is 24.0 Å². The van der Waals surface area contributed by atoms with Gasteiger partial charge in [0, 0.05) is 37.5 Å². The van der Waals surface area contributed by atoms with E-state index in [9.17, 15) is 0 Å². The van der Waals surface area contributed by atoms with Gasteiger partial charge >= 0.3 is 0 Å². The van der Waals surface area contributed by atoms with Crippen LogP contribution in [0.2, 0.25) is 0 Å². The molecule has 1 aromatic heterocycles. The third-order valence-corrected chi connectivity index (χ3v) is 3.18. The Morgan fingerprint density at radius 1 is 0.950 bits per heavy atom. The molecule has 0 aliphatic heterocycles. The lowest BCUT2D eigenvalue weighted by molar-refractivity contribution is -0.673. The molecule has 2 nitrogen and oxygen atoms in total. The van der Waals surface area contributed by atoms with Crippen molar-refractivity contribution in [1.29, 1.82) is 0 Å². The summed E-state index contributed by atoms with van der Waals surface area (Å²) in [7, 11) is 6.18. The van der Waals surface area contributed by atoms with E-state index >= 15 is 0 Å². The predicted molar refractivity (Wildman–Crippen MR) is 82.1 cm³/mol. The molecule has 106 valence electrons. The highest BCUT2D eigenvalue weighted by Crippen LogP contribution is 2.14. The zero-order valence-corrected chi connectivity index (χ0v) is 14.6. The summed E-state index contributed by atoms with van der Waals surface area (Å²) in [6.45, 7) is 2.10. The fourth-order valence-electron chi connectivity index (χ4n) is 2.00. The fraction of sp³-hybridized carbons (Fsp3) is 0.235. The first-order chi connectivity index (χ1) is 9.06. The smallest absolute Gasteiger partial charge is 0.204 e. The summed E-state index contributed by atoms with van der Waals surface area (Å²) in [5, 5.41) is 0. The molecule has 0 fully saturated rings. The van der Waals surface area contributed by atoms with Crippen LogP contribution in [0.25, 0.3) is 12.2 Å². The predicted octanol–water partition coefficient (Wildman–Crippen LogP) is 0.0599. The zero-order valence-electron chi connectivity index (χ0n) is 12.5. The van der Waals surface area contributed by atoms with Gasteiger partial charge in [-0.25, -0.2) is 4.57 Å². The molecule has 1 heterocycles. The van der Waals surface area contributed by atoms with E-state index in [1.807, 2.05) is 0 Å². The van der Waals surface area contributed by atoms with E-state index in [2.05, 4.69) is 92.3 Å². The van der Waals surface area contributed by atoms with Gasteiger partial charge in [0.15, 0.2) is 6.20 Å². The number of pyridine rings is 1. The lowest BCUT2D eigenvalue weighted by atomic mass is 10.1. The van der Waals surface area contributed by atoms with Crippen LogP contribution in [0.3, 0.4) is 0 Å². The van der Waals surface area contributed by atoms with Crippen molar-refractivity contribution in [2.24, 2.45) is 7.05 Å². The van der Waals surface area contributed by atoms with Gasteiger partial charge in [-0.05, 0) is 36.8 Å². The van der Waals surface area contributed by atoms with Crippen molar-refractivity contribution in [3.8, 4) is 0 Å². The van der Waals surface area contributed by atoms with E-state index in [1.54, 1.807) is 0 Å². The van der Waals surface area contributed by atoms with E-state index in [0.29, 0.717) is 0 Å². The Hall–Kier alpha value is -1.36. The molecule has 0 bridgehead atoms. The molecule has 0 unspecified atom stereocenters. The highest BCUT2D eigenvalue weighted by molar-refractivity contribution is 5.68. The summed E-state index contributed by atoms with van der Waals surface area (Å²) in [4.78, 5) is 2.10. The molecule has 3 heteroatoms. The fourth-order valence-corrected chi connectivity index (χ4v) is 2.00. The minimum atomic E-state index is 0. The molecule has 0 aliphatic carbocycles. The Morgan fingerprint density at radius 3 is 2.15 bits per heavy atom. The maximum Gasteiger partial charge on any atom is 0.204 e. The number of rotatable bonds is 3. The van der Waals surface area contributed by atoms with Gasteiger partial charge in [0.05, 0.1) is 0 Å². The van der Waals surface area contributed by atoms with Crippen molar-refractivity contribution >= 4 is 17.8 Å². The normalized spacial score (nSPS) is 10.4. The van der Waals surface area contributed by atoms with Gasteiger partial charge in [-0.3, -0.25) is 0 Å².